The molecular formula is C25H29ClN2O3S. The maximum atomic E-state index is 13.6. The number of ether oxygens (including phenoxy) is 1. The highest BCUT2D eigenvalue weighted by molar-refractivity contribution is 8.05. The van der Waals surface area contributed by atoms with Gasteiger partial charge in [-0.25, -0.2) is 0 Å². The van der Waals surface area contributed by atoms with Gasteiger partial charge in [0.15, 0.2) is 17.0 Å². The van der Waals surface area contributed by atoms with Crippen LogP contribution in [0.25, 0.3) is 6.08 Å². The number of halogens is 1. The summed E-state index contributed by atoms with van der Waals surface area (Å²) in [6.07, 6.45) is 6.37. The standard InChI is InChI=1S/C25H29ClN2O3S/c1-3-31-21-14-17(13-19(26)23(21)29)15-22-24(30)28(20-12-8-7-9-16(20)2)25(32-22)27-18-10-5-4-6-11-18/h4-6,10-11,13-16,20,25,27,29H,3,7-9,12H2,1-2H3/b22-15-/t16-,20-,25?/m1/s1. The first-order valence-electron chi connectivity index (χ1n) is 11.2. The molecule has 2 fully saturated rings. The Bertz CT molecular complexity index is 998. The monoisotopic (exact) mass is 472 g/mol. The van der Waals surface area contributed by atoms with Crippen LogP contribution in [0, 0.1) is 5.92 Å². The summed E-state index contributed by atoms with van der Waals surface area (Å²) >= 11 is 7.73. The maximum absolute atomic E-state index is 13.6. The van der Waals surface area contributed by atoms with E-state index in [-0.39, 0.29) is 28.2 Å². The molecule has 0 bridgehead atoms. The van der Waals surface area contributed by atoms with Crippen LogP contribution in [0.2, 0.25) is 5.02 Å². The quantitative estimate of drug-likeness (QED) is 0.480. The van der Waals surface area contributed by atoms with Crippen LogP contribution in [-0.4, -0.2) is 34.1 Å². The van der Waals surface area contributed by atoms with Crippen molar-refractivity contribution in [3.63, 3.8) is 0 Å². The van der Waals surface area contributed by atoms with Crippen molar-refractivity contribution in [1.29, 1.82) is 0 Å². The summed E-state index contributed by atoms with van der Waals surface area (Å²) in [6.45, 7) is 4.50. The van der Waals surface area contributed by atoms with E-state index in [9.17, 15) is 9.90 Å². The SMILES string of the molecule is CCOc1cc(/C=C2\SC(Nc3ccccc3)N([C@@H]3CCCC[C@H]3C)C2=O)cc(Cl)c1O. The Morgan fingerprint density at radius 3 is 2.72 bits per heavy atom. The van der Waals surface area contributed by atoms with Gasteiger partial charge in [0.2, 0.25) is 0 Å². The van der Waals surface area contributed by atoms with Crippen molar-refractivity contribution in [2.45, 2.75) is 51.1 Å². The molecule has 0 radical (unpaired) electrons. The zero-order chi connectivity index (χ0) is 22.7. The van der Waals surface area contributed by atoms with E-state index >= 15 is 0 Å². The lowest BCUT2D eigenvalue weighted by molar-refractivity contribution is -0.129. The molecule has 1 amide bonds. The Kier molecular flexibility index (Phi) is 7.21. The fourth-order valence-electron chi connectivity index (χ4n) is 4.46. The minimum absolute atomic E-state index is 0.0318. The molecule has 1 saturated heterocycles. The number of para-hydroxylation sites is 1. The van der Waals surface area contributed by atoms with Crippen LogP contribution < -0.4 is 10.1 Å². The van der Waals surface area contributed by atoms with Crippen LogP contribution in [0.3, 0.4) is 0 Å². The topological polar surface area (TPSA) is 61.8 Å². The number of carbonyl (C=O) groups excluding carboxylic acids is 1. The molecule has 5 nitrogen and oxygen atoms in total. The summed E-state index contributed by atoms with van der Waals surface area (Å²) < 4.78 is 5.50. The van der Waals surface area contributed by atoms with Gasteiger partial charge in [-0.05, 0) is 61.6 Å². The maximum Gasteiger partial charge on any atom is 0.262 e. The van der Waals surface area contributed by atoms with Gasteiger partial charge < -0.3 is 20.1 Å². The molecule has 2 N–H and O–H groups in total. The first-order chi connectivity index (χ1) is 15.5. The fraction of sp³-hybridized carbons (Fsp3) is 0.400. The van der Waals surface area contributed by atoms with E-state index in [2.05, 4.69) is 12.2 Å². The van der Waals surface area contributed by atoms with Crippen molar-refractivity contribution in [3.05, 3.63) is 58.0 Å². The van der Waals surface area contributed by atoms with Crippen LogP contribution in [0.15, 0.2) is 47.4 Å². The highest BCUT2D eigenvalue weighted by Gasteiger charge is 2.42. The third-order valence-electron chi connectivity index (χ3n) is 6.07. The van der Waals surface area contributed by atoms with Crippen LogP contribution in [0.1, 0.15) is 45.1 Å². The zero-order valence-electron chi connectivity index (χ0n) is 18.4. The molecule has 0 aromatic heterocycles. The minimum atomic E-state index is -0.180. The number of phenolic OH excluding ortho intramolecular Hbond substituents is 1. The van der Waals surface area contributed by atoms with Crippen LogP contribution in [0.4, 0.5) is 5.69 Å². The second-order valence-corrected chi connectivity index (χ2v) is 9.84. The summed E-state index contributed by atoms with van der Waals surface area (Å²) in [5.41, 5.74) is 1.53. The number of carbonyl (C=O) groups is 1. The molecule has 0 spiro atoms. The van der Waals surface area contributed by atoms with Gasteiger partial charge in [0.05, 0.1) is 16.5 Å². The second-order valence-electron chi connectivity index (χ2n) is 8.31. The number of thioether (sulfide) groups is 1. The number of nitrogens with zero attached hydrogens (tertiary/aromatic N) is 1. The number of benzene rings is 2. The first kappa shape index (κ1) is 22.9. The molecule has 7 heteroatoms. The number of rotatable bonds is 6. The second kappa shape index (κ2) is 10.1. The number of phenols is 1. The molecule has 4 rings (SSSR count). The fourth-order valence-corrected chi connectivity index (χ4v) is 5.89. The lowest BCUT2D eigenvalue weighted by atomic mass is 9.85. The third-order valence-corrected chi connectivity index (χ3v) is 7.48. The van der Waals surface area contributed by atoms with Gasteiger partial charge >= 0.3 is 0 Å². The Hall–Kier alpha value is -2.31. The number of aromatic hydroxyl groups is 1. The summed E-state index contributed by atoms with van der Waals surface area (Å²) in [4.78, 5) is 16.3. The molecule has 2 aromatic carbocycles. The number of anilines is 1. The summed E-state index contributed by atoms with van der Waals surface area (Å²) in [6, 6.07) is 13.6. The molecule has 170 valence electrons. The molecule has 1 aliphatic carbocycles. The van der Waals surface area contributed by atoms with E-state index < -0.39 is 0 Å². The summed E-state index contributed by atoms with van der Waals surface area (Å²) in [5.74, 6) is 0.728. The first-order valence-corrected chi connectivity index (χ1v) is 12.4. The lowest BCUT2D eigenvalue weighted by Gasteiger charge is -2.39. The molecule has 2 aliphatic rings. The van der Waals surface area contributed by atoms with Crippen molar-refractivity contribution >= 4 is 41.0 Å². The van der Waals surface area contributed by atoms with Gasteiger partial charge in [-0.1, -0.05) is 61.3 Å². The van der Waals surface area contributed by atoms with E-state index in [1.54, 1.807) is 12.1 Å². The van der Waals surface area contributed by atoms with Gasteiger partial charge in [-0.15, -0.1) is 0 Å². The molecular weight excluding hydrogens is 444 g/mol. The molecule has 3 atom stereocenters. The van der Waals surface area contributed by atoms with Gasteiger partial charge in [-0.3, -0.25) is 4.79 Å². The Morgan fingerprint density at radius 1 is 1.25 bits per heavy atom. The molecule has 1 heterocycles. The van der Waals surface area contributed by atoms with Crippen molar-refractivity contribution in [2.24, 2.45) is 5.92 Å². The number of hydrogen-bond donors (Lipinski definition) is 2. The van der Waals surface area contributed by atoms with Gasteiger partial charge in [0.1, 0.15) is 0 Å². The number of hydrogen-bond acceptors (Lipinski definition) is 5. The van der Waals surface area contributed by atoms with E-state index in [1.165, 1.54) is 18.2 Å². The lowest BCUT2D eigenvalue weighted by Crippen LogP contribution is -2.48. The smallest absolute Gasteiger partial charge is 0.262 e. The Balaban J connectivity index is 1.67. The number of amides is 1. The largest absolute Gasteiger partial charge is 0.503 e. The average molecular weight is 473 g/mol. The molecule has 1 aliphatic heterocycles. The predicted octanol–water partition coefficient (Wildman–Crippen LogP) is 6.34. The van der Waals surface area contributed by atoms with E-state index in [0.29, 0.717) is 23.2 Å². The van der Waals surface area contributed by atoms with Gasteiger partial charge in [0.25, 0.3) is 5.91 Å². The summed E-state index contributed by atoms with van der Waals surface area (Å²) in [7, 11) is 0. The molecule has 2 aromatic rings. The van der Waals surface area contributed by atoms with E-state index in [0.717, 1.165) is 30.5 Å². The van der Waals surface area contributed by atoms with Crippen LogP contribution in [-0.2, 0) is 4.79 Å². The van der Waals surface area contributed by atoms with Gasteiger partial charge in [-0.2, -0.15) is 0 Å². The number of nitrogens with one attached hydrogen (secondary N) is 1. The van der Waals surface area contributed by atoms with Crippen LogP contribution in [0.5, 0.6) is 11.5 Å². The average Bonchev–Trinajstić information content (AvgIpc) is 3.07. The Morgan fingerprint density at radius 2 is 2.00 bits per heavy atom. The van der Waals surface area contributed by atoms with Crippen molar-refractivity contribution in [3.8, 4) is 11.5 Å². The normalized spacial score (nSPS) is 24.7. The zero-order valence-corrected chi connectivity index (χ0v) is 20.0. The van der Waals surface area contributed by atoms with Crippen molar-refractivity contribution < 1.29 is 14.6 Å². The van der Waals surface area contributed by atoms with Gasteiger partial charge in [0, 0.05) is 11.7 Å². The third kappa shape index (κ3) is 4.86. The van der Waals surface area contributed by atoms with Crippen molar-refractivity contribution in [1.82, 2.24) is 4.90 Å². The Labute approximate surface area is 198 Å². The highest BCUT2D eigenvalue weighted by Crippen LogP contribution is 2.43. The molecule has 32 heavy (non-hydrogen) atoms. The van der Waals surface area contributed by atoms with E-state index in [1.807, 2.05) is 48.2 Å². The van der Waals surface area contributed by atoms with Crippen LogP contribution >= 0.6 is 23.4 Å². The molecule has 1 unspecified atom stereocenters. The summed E-state index contributed by atoms with van der Waals surface area (Å²) in [5, 5.41) is 13.9. The van der Waals surface area contributed by atoms with Crippen molar-refractivity contribution in [2.75, 3.05) is 11.9 Å². The minimum Gasteiger partial charge on any atom is -0.503 e. The predicted molar refractivity (Wildman–Crippen MR) is 132 cm³/mol. The highest BCUT2D eigenvalue weighted by atomic mass is 35.5. The molecule has 1 saturated carbocycles. The van der Waals surface area contributed by atoms with E-state index in [4.69, 9.17) is 16.3 Å².